The van der Waals surface area contributed by atoms with Crippen LogP contribution < -0.4 is 10.6 Å². The first kappa shape index (κ1) is 14.8. The smallest absolute Gasteiger partial charge is 0.221 e. The molecule has 0 saturated heterocycles. The highest BCUT2D eigenvalue weighted by molar-refractivity contribution is 7.98. The van der Waals surface area contributed by atoms with E-state index in [-0.39, 0.29) is 18.3 Å². The fraction of sp³-hybridized carbons (Fsp3) is 0.700. The summed E-state index contributed by atoms with van der Waals surface area (Å²) in [4.78, 5) is 11.3. The highest BCUT2D eigenvalue weighted by atomic mass is 35.5. The predicted octanol–water partition coefficient (Wildman–Crippen LogP) is 1.20. The summed E-state index contributed by atoms with van der Waals surface area (Å²) in [5.74, 6) is 1.07. The van der Waals surface area contributed by atoms with Crippen LogP contribution in [0, 0.1) is 0 Å². The minimum absolute atomic E-state index is 0. The van der Waals surface area contributed by atoms with E-state index >= 15 is 0 Å². The monoisotopic (exact) mass is 250 g/mol. The summed E-state index contributed by atoms with van der Waals surface area (Å²) in [5.41, 5.74) is 1.35. The van der Waals surface area contributed by atoms with E-state index in [9.17, 15) is 4.79 Å². The molecule has 1 amide bonds. The van der Waals surface area contributed by atoms with Gasteiger partial charge in [-0.05, 0) is 19.2 Å². The van der Waals surface area contributed by atoms with Crippen molar-refractivity contribution in [3.8, 4) is 0 Å². The fourth-order valence-electron chi connectivity index (χ4n) is 1.33. The Bertz CT molecular complexity index is 221. The summed E-state index contributed by atoms with van der Waals surface area (Å²) < 4.78 is 0. The second-order valence-electron chi connectivity index (χ2n) is 3.34. The number of thioether (sulfide) groups is 1. The van der Waals surface area contributed by atoms with Gasteiger partial charge in [0.2, 0.25) is 5.91 Å². The van der Waals surface area contributed by atoms with Crippen LogP contribution in [0.2, 0.25) is 0 Å². The Morgan fingerprint density at radius 2 is 2.47 bits per heavy atom. The molecule has 1 aliphatic heterocycles. The van der Waals surface area contributed by atoms with E-state index in [2.05, 4.69) is 16.7 Å². The van der Waals surface area contributed by atoms with Crippen LogP contribution in [0.1, 0.15) is 12.8 Å². The van der Waals surface area contributed by atoms with E-state index in [0.29, 0.717) is 6.42 Å². The molecule has 0 radical (unpaired) electrons. The molecule has 2 N–H and O–H groups in total. The average Bonchev–Trinajstić information content (AvgIpc) is 2.25. The first-order chi connectivity index (χ1) is 6.83. The van der Waals surface area contributed by atoms with Crippen molar-refractivity contribution < 1.29 is 4.79 Å². The third-order valence-electron chi connectivity index (χ3n) is 2.20. The first-order valence-corrected chi connectivity index (χ1v) is 6.36. The van der Waals surface area contributed by atoms with Crippen molar-refractivity contribution in [3.05, 3.63) is 11.6 Å². The maximum Gasteiger partial charge on any atom is 0.221 e. The number of carbonyl (C=O) groups is 1. The lowest BCUT2D eigenvalue weighted by molar-refractivity contribution is -0.120. The van der Waals surface area contributed by atoms with E-state index in [1.165, 1.54) is 5.57 Å². The van der Waals surface area contributed by atoms with Gasteiger partial charge in [0, 0.05) is 25.3 Å². The van der Waals surface area contributed by atoms with Crippen molar-refractivity contribution in [1.29, 1.82) is 0 Å². The Morgan fingerprint density at radius 3 is 3.07 bits per heavy atom. The van der Waals surface area contributed by atoms with Gasteiger partial charge >= 0.3 is 0 Å². The first-order valence-electron chi connectivity index (χ1n) is 4.97. The second-order valence-corrected chi connectivity index (χ2v) is 4.32. The van der Waals surface area contributed by atoms with Crippen LogP contribution in [0.4, 0.5) is 0 Å². The van der Waals surface area contributed by atoms with Crippen LogP contribution in [0.15, 0.2) is 11.6 Å². The predicted molar refractivity (Wildman–Crippen MR) is 68.8 cm³/mol. The van der Waals surface area contributed by atoms with Gasteiger partial charge in [-0.3, -0.25) is 4.79 Å². The molecule has 0 aromatic carbocycles. The van der Waals surface area contributed by atoms with Gasteiger partial charge < -0.3 is 10.6 Å². The minimum Gasteiger partial charge on any atom is -0.352 e. The van der Waals surface area contributed by atoms with Crippen molar-refractivity contribution in [2.45, 2.75) is 12.8 Å². The van der Waals surface area contributed by atoms with Crippen LogP contribution in [0.25, 0.3) is 0 Å². The molecule has 0 atom stereocenters. The highest BCUT2D eigenvalue weighted by Gasteiger charge is 2.04. The normalized spacial score (nSPS) is 15.1. The fourth-order valence-corrected chi connectivity index (χ4v) is 1.71. The molecule has 1 heterocycles. The molecule has 0 aromatic heterocycles. The molecule has 0 aromatic rings. The van der Waals surface area contributed by atoms with Crippen LogP contribution in [0.5, 0.6) is 0 Å². The summed E-state index contributed by atoms with van der Waals surface area (Å²) in [7, 11) is 0. The summed E-state index contributed by atoms with van der Waals surface area (Å²) in [6, 6.07) is 0. The van der Waals surface area contributed by atoms with Gasteiger partial charge in [-0.25, -0.2) is 0 Å². The summed E-state index contributed by atoms with van der Waals surface area (Å²) in [6.45, 7) is 2.71. The topological polar surface area (TPSA) is 41.1 Å². The molecule has 0 unspecified atom stereocenters. The Balaban J connectivity index is 0.00000196. The Labute approximate surface area is 102 Å². The zero-order valence-electron chi connectivity index (χ0n) is 9.04. The molecular formula is C10H19ClN2OS. The van der Waals surface area contributed by atoms with Gasteiger partial charge in [0.1, 0.15) is 0 Å². The molecule has 5 heteroatoms. The van der Waals surface area contributed by atoms with Crippen molar-refractivity contribution in [2.75, 3.05) is 31.6 Å². The number of hydrogen-bond donors (Lipinski definition) is 2. The Hall–Kier alpha value is -0.190. The molecule has 0 saturated carbocycles. The summed E-state index contributed by atoms with van der Waals surface area (Å²) in [6.07, 6.45) is 5.87. The molecular weight excluding hydrogens is 232 g/mol. The summed E-state index contributed by atoms with van der Waals surface area (Å²) in [5, 5.41) is 6.18. The zero-order chi connectivity index (χ0) is 10.2. The largest absolute Gasteiger partial charge is 0.352 e. The highest BCUT2D eigenvalue weighted by Crippen LogP contribution is 2.02. The van der Waals surface area contributed by atoms with E-state index in [0.717, 1.165) is 31.8 Å². The maximum atomic E-state index is 11.3. The molecule has 3 nitrogen and oxygen atoms in total. The lowest BCUT2D eigenvalue weighted by atomic mass is 10.1. The van der Waals surface area contributed by atoms with Crippen molar-refractivity contribution in [2.24, 2.45) is 0 Å². The molecule has 0 aliphatic carbocycles. The SMILES string of the molecule is CSCCC(=O)NCC1=CCNCC1.Cl. The van der Waals surface area contributed by atoms with Gasteiger partial charge in [-0.15, -0.1) is 12.4 Å². The van der Waals surface area contributed by atoms with Crippen LogP contribution in [-0.4, -0.2) is 37.6 Å². The molecule has 0 fully saturated rings. The standard InChI is InChI=1S/C10H18N2OS.ClH/c1-14-7-4-10(13)12-8-9-2-5-11-6-3-9;/h2,11H,3-8H2,1H3,(H,12,13);1H. The second kappa shape index (κ2) is 9.07. The number of halogens is 1. The Kier molecular flexibility index (Phi) is 8.95. The molecule has 0 bridgehead atoms. The maximum absolute atomic E-state index is 11.3. The molecule has 0 spiro atoms. The van der Waals surface area contributed by atoms with Crippen LogP contribution in [-0.2, 0) is 4.79 Å². The number of hydrogen-bond acceptors (Lipinski definition) is 3. The van der Waals surface area contributed by atoms with Gasteiger partial charge in [0.15, 0.2) is 0 Å². The molecule has 1 aliphatic rings. The van der Waals surface area contributed by atoms with Gasteiger partial charge in [0.25, 0.3) is 0 Å². The molecule has 88 valence electrons. The van der Waals surface area contributed by atoms with Crippen molar-refractivity contribution in [3.63, 3.8) is 0 Å². The van der Waals surface area contributed by atoms with Gasteiger partial charge in [-0.1, -0.05) is 11.6 Å². The average molecular weight is 251 g/mol. The molecule has 1 rings (SSSR count). The summed E-state index contributed by atoms with van der Waals surface area (Å²) >= 11 is 1.71. The van der Waals surface area contributed by atoms with Crippen LogP contribution in [0.3, 0.4) is 0 Å². The van der Waals surface area contributed by atoms with Crippen LogP contribution >= 0.6 is 24.2 Å². The lowest BCUT2D eigenvalue weighted by Gasteiger charge is -2.14. The quantitative estimate of drug-likeness (QED) is 0.721. The number of carbonyl (C=O) groups excluding carboxylic acids is 1. The zero-order valence-corrected chi connectivity index (χ0v) is 10.7. The Morgan fingerprint density at radius 1 is 1.67 bits per heavy atom. The third kappa shape index (κ3) is 6.82. The third-order valence-corrected chi connectivity index (χ3v) is 2.82. The lowest BCUT2D eigenvalue weighted by Crippen LogP contribution is -2.29. The number of amides is 1. The van der Waals surface area contributed by atoms with E-state index in [1.54, 1.807) is 11.8 Å². The number of nitrogens with one attached hydrogen (secondary N) is 2. The number of rotatable bonds is 5. The van der Waals surface area contributed by atoms with Gasteiger partial charge in [0.05, 0.1) is 0 Å². The molecule has 15 heavy (non-hydrogen) atoms. The van der Waals surface area contributed by atoms with E-state index in [4.69, 9.17) is 0 Å². The van der Waals surface area contributed by atoms with Crippen molar-refractivity contribution >= 4 is 30.1 Å². The van der Waals surface area contributed by atoms with E-state index in [1.807, 2.05) is 6.26 Å². The minimum atomic E-state index is 0. The van der Waals surface area contributed by atoms with E-state index < -0.39 is 0 Å². The van der Waals surface area contributed by atoms with Gasteiger partial charge in [-0.2, -0.15) is 11.8 Å². The van der Waals surface area contributed by atoms with Crippen molar-refractivity contribution in [1.82, 2.24) is 10.6 Å².